The van der Waals surface area contributed by atoms with Gasteiger partial charge in [-0.2, -0.15) is 0 Å². The minimum Gasteiger partial charge on any atom is -0.472 e. The molecule has 0 spiro atoms. The van der Waals surface area contributed by atoms with E-state index in [-0.39, 0.29) is 18.6 Å². The van der Waals surface area contributed by atoms with Gasteiger partial charge in [0, 0.05) is 12.0 Å². The normalized spacial score (nSPS) is 44.8. The van der Waals surface area contributed by atoms with Gasteiger partial charge in [-0.1, -0.05) is 13.8 Å². The Hall–Kier alpha value is -0.920. The van der Waals surface area contributed by atoms with Gasteiger partial charge in [0.15, 0.2) is 0 Å². The van der Waals surface area contributed by atoms with Crippen LogP contribution in [0.15, 0.2) is 23.0 Å². The van der Waals surface area contributed by atoms with Gasteiger partial charge in [0.2, 0.25) is 0 Å². The highest BCUT2D eigenvalue weighted by atomic mass is 16.5. The smallest absolute Gasteiger partial charge is 0.0937 e. The Morgan fingerprint density at radius 1 is 1.09 bits per heavy atom. The van der Waals surface area contributed by atoms with Gasteiger partial charge in [-0.15, -0.1) is 0 Å². The molecule has 1 aromatic rings. The lowest BCUT2D eigenvalue weighted by atomic mass is 9.43. The van der Waals surface area contributed by atoms with E-state index in [9.17, 15) is 10.2 Å². The summed E-state index contributed by atoms with van der Waals surface area (Å²) in [4.78, 5) is 0. The highest BCUT2D eigenvalue weighted by molar-refractivity contribution is 5.26. The second-order valence-corrected chi connectivity index (χ2v) is 12.3. The van der Waals surface area contributed by atoms with Crippen LogP contribution >= 0.6 is 0 Å². The molecule has 4 aliphatic carbocycles. The molecule has 1 aromatic heterocycles. The molecular weight excluding hydrogens is 430 g/mol. The van der Waals surface area contributed by atoms with Crippen LogP contribution in [0.1, 0.15) is 83.1 Å². The van der Waals surface area contributed by atoms with E-state index < -0.39 is 11.7 Å². The Bertz CT molecular complexity index is 816. The van der Waals surface area contributed by atoms with Crippen molar-refractivity contribution in [1.82, 2.24) is 0 Å². The van der Waals surface area contributed by atoms with E-state index in [4.69, 9.17) is 19.6 Å². The van der Waals surface area contributed by atoms with Gasteiger partial charge in [-0.25, -0.2) is 0 Å². The molecule has 4 saturated carbocycles. The second kappa shape index (κ2) is 9.51. The van der Waals surface area contributed by atoms with Crippen molar-refractivity contribution in [2.24, 2.45) is 34.3 Å². The van der Waals surface area contributed by atoms with Crippen molar-refractivity contribution < 1.29 is 24.1 Å². The van der Waals surface area contributed by atoms with Crippen molar-refractivity contribution in [3.05, 3.63) is 24.2 Å². The van der Waals surface area contributed by atoms with Gasteiger partial charge in [-0.05, 0) is 98.5 Å². The third-order valence-electron chi connectivity index (χ3n) is 10.9. The first-order valence-corrected chi connectivity index (χ1v) is 13.6. The Morgan fingerprint density at radius 3 is 2.71 bits per heavy atom. The van der Waals surface area contributed by atoms with Crippen molar-refractivity contribution in [2.75, 3.05) is 26.4 Å². The zero-order valence-corrected chi connectivity index (χ0v) is 21.1. The first-order chi connectivity index (χ1) is 16.3. The van der Waals surface area contributed by atoms with E-state index in [1.807, 2.05) is 6.26 Å². The molecule has 0 amide bonds. The van der Waals surface area contributed by atoms with Crippen LogP contribution in [0, 0.1) is 28.6 Å². The van der Waals surface area contributed by atoms with Crippen LogP contribution < -0.4 is 5.73 Å². The van der Waals surface area contributed by atoms with E-state index in [1.165, 1.54) is 24.8 Å². The van der Waals surface area contributed by atoms with Crippen LogP contribution in [-0.4, -0.2) is 54.4 Å². The van der Waals surface area contributed by atoms with Crippen LogP contribution in [-0.2, 0) is 9.47 Å². The van der Waals surface area contributed by atoms with Crippen LogP contribution in [0.3, 0.4) is 0 Å². The molecule has 0 bridgehead atoms. The van der Waals surface area contributed by atoms with Crippen LogP contribution in [0.4, 0.5) is 0 Å². The summed E-state index contributed by atoms with van der Waals surface area (Å²) in [7, 11) is 0. The van der Waals surface area contributed by atoms with E-state index in [0.717, 1.165) is 38.5 Å². The highest BCUT2D eigenvalue weighted by Gasteiger charge is 2.67. The van der Waals surface area contributed by atoms with Crippen molar-refractivity contribution >= 4 is 0 Å². The van der Waals surface area contributed by atoms with Gasteiger partial charge in [0.1, 0.15) is 0 Å². The van der Waals surface area contributed by atoms with Crippen LogP contribution in [0.25, 0.3) is 0 Å². The summed E-state index contributed by atoms with van der Waals surface area (Å²) in [6.07, 6.45) is 13.5. The first kappa shape index (κ1) is 24.8. The van der Waals surface area contributed by atoms with E-state index in [1.54, 1.807) is 6.26 Å². The fourth-order valence-electron chi connectivity index (χ4n) is 8.91. The number of ether oxygens (including phenoxy) is 2. The molecule has 4 aliphatic rings. The maximum Gasteiger partial charge on any atom is 0.0937 e. The number of aliphatic hydroxyl groups excluding tert-OH is 1. The third-order valence-corrected chi connectivity index (χ3v) is 10.9. The summed E-state index contributed by atoms with van der Waals surface area (Å²) in [5, 5.41) is 21.8. The molecule has 0 aromatic carbocycles. The largest absolute Gasteiger partial charge is 0.472 e. The molecule has 192 valence electrons. The average molecular weight is 476 g/mol. The molecule has 5 rings (SSSR count). The number of hydrogen-bond acceptors (Lipinski definition) is 6. The zero-order valence-electron chi connectivity index (χ0n) is 21.1. The van der Waals surface area contributed by atoms with E-state index in [0.29, 0.717) is 48.4 Å². The third kappa shape index (κ3) is 3.98. The van der Waals surface area contributed by atoms with Crippen molar-refractivity contribution in [1.29, 1.82) is 0 Å². The lowest BCUT2D eigenvalue weighted by molar-refractivity contribution is -0.207. The lowest BCUT2D eigenvalue weighted by Crippen LogP contribution is -2.62. The Morgan fingerprint density at radius 2 is 1.94 bits per heavy atom. The molecule has 4 N–H and O–H groups in total. The topological polar surface area (TPSA) is 98.1 Å². The lowest BCUT2D eigenvalue weighted by Gasteiger charge is -2.63. The Balaban J connectivity index is 1.21. The monoisotopic (exact) mass is 475 g/mol. The SMILES string of the molecule is C[C@]12CC[C@H](OCCOCC(O)CN)C[C@H]1CC[C@@H]1[C@@H]2CC[C@]2(C)[C@@H](c3ccoc3)CC[C@]12O. The summed E-state index contributed by atoms with van der Waals surface area (Å²) in [5.41, 5.74) is 6.37. The summed E-state index contributed by atoms with van der Waals surface area (Å²) in [5.74, 6) is 2.09. The van der Waals surface area contributed by atoms with Crippen LogP contribution in [0.5, 0.6) is 0 Å². The first-order valence-electron chi connectivity index (χ1n) is 13.6. The Labute approximate surface area is 204 Å². The number of aliphatic hydroxyl groups is 2. The number of furan rings is 1. The summed E-state index contributed by atoms with van der Waals surface area (Å²) >= 11 is 0. The quantitative estimate of drug-likeness (QED) is 0.487. The molecule has 9 atom stereocenters. The fourth-order valence-corrected chi connectivity index (χ4v) is 8.91. The van der Waals surface area contributed by atoms with Crippen molar-refractivity contribution in [3.8, 4) is 0 Å². The van der Waals surface area contributed by atoms with Gasteiger partial charge < -0.3 is 29.8 Å². The zero-order chi connectivity index (χ0) is 24.0. The van der Waals surface area contributed by atoms with Gasteiger partial charge in [-0.3, -0.25) is 0 Å². The van der Waals surface area contributed by atoms with Crippen LogP contribution in [0.2, 0.25) is 0 Å². The van der Waals surface area contributed by atoms with Crippen molar-refractivity contribution in [3.63, 3.8) is 0 Å². The van der Waals surface area contributed by atoms with E-state index in [2.05, 4.69) is 19.9 Å². The maximum absolute atomic E-state index is 12.3. The molecule has 34 heavy (non-hydrogen) atoms. The highest BCUT2D eigenvalue weighted by Crippen LogP contribution is 2.70. The summed E-state index contributed by atoms with van der Waals surface area (Å²) in [6, 6.07) is 2.11. The molecule has 6 nitrogen and oxygen atoms in total. The molecular formula is C28H45NO5. The number of hydrogen-bond donors (Lipinski definition) is 3. The Kier molecular flexibility index (Phi) is 6.93. The predicted octanol–water partition coefficient (Wildman–Crippen LogP) is 4.24. The van der Waals surface area contributed by atoms with Gasteiger partial charge in [0.05, 0.1) is 50.2 Å². The number of nitrogens with two attached hydrogens (primary N) is 1. The molecule has 0 saturated heterocycles. The molecule has 0 radical (unpaired) electrons. The minimum atomic E-state index is -0.590. The standard InChI is InChI=1S/C28H45NO5/c1-26-9-5-22(34-14-13-33-18-21(30)16-29)15-20(26)3-4-25-24(26)6-10-27(2)23(7-11-28(25,27)31)19-8-12-32-17-19/h8,12,17,20-25,30-31H,3-7,9-11,13-16,18,29H2,1-2H3/t20-,21?,22+,23-,24+,25-,26+,27-,28+/m1/s1. The fraction of sp³-hybridized carbons (Fsp3) is 0.857. The molecule has 4 fully saturated rings. The van der Waals surface area contributed by atoms with Gasteiger partial charge in [0.25, 0.3) is 0 Å². The molecule has 1 unspecified atom stereocenters. The number of fused-ring (bicyclic) bond motifs is 5. The van der Waals surface area contributed by atoms with Crippen molar-refractivity contribution in [2.45, 2.75) is 95.4 Å². The summed E-state index contributed by atoms with van der Waals surface area (Å²) < 4.78 is 17.1. The minimum absolute atomic E-state index is 0.0565. The second-order valence-electron chi connectivity index (χ2n) is 12.3. The number of rotatable bonds is 8. The maximum atomic E-state index is 12.3. The molecule has 6 heteroatoms. The summed E-state index contributed by atoms with van der Waals surface area (Å²) in [6.45, 7) is 6.47. The molecule has 1 heterocycles. The predicted molar refractivity (Wildman–Crippen MR) is 130 cm³/mol. The molecule has 0 aliphatic heterocycles. The van der Waals surface area contributed by atoms with Gasteiger partial charge >= 0.3 is 0 Å². The average Bonchev–Trinajstić information content (AvgIpc) is 3.44. The van der Waals surface area contributed by atoms with E-state index >= 15 is 0 Å².